The Morgan fingerprint density at radius 2 is 2.47 bits per heavy atom. The number of carboxylic acid groups (broad SMARTS) is 1. The van der Waals surface area contributed by atoms with Gasteiger partial charge in [0.2, 0.25) is 6.41 Å². The van der Waals surface area contributed by atoms with Crippen LogP contribution in [-0.4, -0.2) is 27.3 Å². The number of aliphatic carboxylic acids is 1. The first kappa shape index (κ1) is 11.2. The Morgan fingerprint density at radius 1 is 1.80 bits per heavy atom. The van der Waals surface area contributed by atoms with Crippen LogP contribution in [0.2, 0.25) is 0 Å². The molecule has 6 nitrogen and oxygen atoms in total. The molecule has 0 aliphatic heterocycles. The van der Waals surface area contributed by atoms with Gasteiger partial charge in [0.1, 0.15) is 0 Å². The standard InChI is InChI=1S/C9H13N3O3/c1-3-7-6(4-12(2)11-7)8(9(14)15)10-5-13/h4-5,8H,3H2,1-2H3,(H,10,13)(H,14,15). The lowest BCUT2D eigenvalue weighted by Crippen LogP contribution is -2.27. The highest BCUT2D eigenvalue weighted by molar-refractivity contribution is 5.78. The SMILES string of the molecule is CCc1nn(C)cc1C(NC=O)C(=O)O. The minimum Gasteiger partial charge on any atom is -0.479 e. The van der Waals surface area contributed by atoms with Gasteiger partial charge >= 0.3 is 5.97 Å². The first-order valence-electron chi connectivity index (χ1n) is 4.55. The second-order valence-electron chi connectivity index (χ2n) is 3.11. The van der Waals surface area contributed by atoms with E-state index in [-0.39, 0.29) is 0 Å². The number of amides is 1. The van der Waals surface area contributed by atoms with E-state index in [1.807, 2.05) is 6.92 Å². The van der Waals surface area contributed by atoms with E-state index in [0.717, 1.165) is 0 Å². The summed E-state index contributed by atoms with van der Waals surface area (Å²) in [4.78, 5) is 21.2. The Kier molecular flexibility index (Phi) is 3.43. The second-order valence-corrected chi connectivity index (χ2v) is 3.11. The molecule has 1 amide bonds. The molecule has 1 atom stereocenters. The highest BCUT2D eigenvalue weighted by Crippen LogP contribution is 2.17. The third kappa shape index (κ3) is 2.34. The van der Waals surface area contributed by atoms with Crippen molar-refractivity contribution in [3.05, 3.63) is 17.5 Å². The maximum Gasteiger partial charge on any atom is 0.331 e. The van der Waals surface area contributed by atoms with Crippen molar-refractivity contribution in [1.29, 1.82) is 0 Å². The third-order valence-corrected chi connectivity index (χ3v) is 2.07. The number of hydrogen-bond donors (Lipinski definition) is 2. The van der Waals surface area contributed by atoms with Gasteiger partial charge in [-0.3, -0.25) is 9.48 Å². The molecule has 1 unspecified atom stereocenters. The van der Waals surface area contributed by atoms with Gasteiger partial charge in [-0.25, -0.2) is 4.79 Å². The molecule has 1 aromatic rings. The Labute approximate surface area is 86.9 Å². The zero-order valence-corrected chi connectivity index (χ0v) is 8.60. The molecule has 0 aliphatic rings. The second kappa shape index (κ2) is 4.59. The maximum absolute atomic E-state index is 10.9. The number of rotatable bonds is 5. The van der Waals surface area contributed by atoms with Gasteiger partial charge in [0.15, 0.2) is 6.04 Å². The van der Waals surface area contributed by atoms with Crippen molar-refractivity contribution < 1.29 is 14.7 Å². The molecule has 2 N–H and O–H groups in total. The van der Waals surface area contributed by atoms with Crippen molar-refractivity contribution in [2.45, 2.75) is 19.4 Å². The van der Waals surface area contributed by atoms with E-state index in [2.05, 4.69) is 10.4 Å². The van der Waals surface area contributed by atoms with Gasteiger partial charge in [-0.1, -0.05) is 6.92 Å². The largest absolute Gasteiger partial charge is 0.479 e. The molecule has 0 saturated carbocycles. The summed E-state index contributed by atoms with van der Waals surface area (Å²) in [5, 5.41) is 15.3. The van der Waals surface area contributed by atoms with E-state index in [1.54, 1.807) is 13.2 Å². The first-order valence-corrected chi connectivity index (χ1v) is 4.55. The Bertz CT molecular complexity index is 373. The summed E-state index contributed by atoms with van der Waals surface area (Å²) in [6.45, 7) is 1.88. The quantitative estimate of drug-likeness (QED) is 0.663. The van der Waals surface area contributed by atoms with Gasteiger partial charge in [-0.15, -0.1) is 0 Å². The summed E-state index contributed by atoms with van der Waals surface area (Å²) in [7, 11) is 1.71. The van der Waals surface area contributed by atoms with Crippen molar-refractivity contribution >= 4 is 12.4 Å². The van der Waals surface area contributed by atoms with E-state index in [4.69, 9.17) is 5.11 Å². The molecule has 0 aromatic carbocycles. The molecule has 6 heteroatoms. The number of aryl methyl sites for hydroxylation is 2. The van der Waals surface area contributed by atoms with Crippen LogP contribution in [0.1, 0.15) is 24.2 Å². The first-order chi connectivity index (χ1) is 7.10. The van der Waals surface area contributed by atoms with Crippen LogP contribution in [0.4, 0.5) is 0 Å². The molecule has 15 heavy (non-hydrogen) atoms. The van der Waals surface area contributed by atoms with Crippen LogP contribution in [0.3, 0.4) is 0 Å². The molecule has 1 rings (SSSR count). The predicted octanol–water partition coefficient (Wildman–Crippen LogP) is -0.146. The molecule has 82 valence electrons. The molecule has 0 spiro atoms. The Morgan fingerprint density at radius 3 is 2.93 bits per heavy atom. The number of aromatic nitrogens is 2. The fourth-order valence-electron chi connectivity index (χ4n) is 1.43. The van der Waals surface area contributed by atoms with Gasteiger partial charge < -0.3 is 10.4 Å². The highest BCUT2D eigenvalue weighted by Gasteiger charge is 2.23. The van der Waals surface area contributed by atoms with Gasteiger partial charge in [-0.2, -0.15) is 5.10 Å². The fraction of sp³-hybridized carbons (Fsp3) is 0.444. The smallest absolute Gasteiger partial charge is 0.331 e. The van der Waals surface area contributed by atoms with Crippen LogP contribution in [0.15, 0.2) is 6.20 Å². The van der Waals surface area contributed by atoms with Gasteiger partial charge in [-0.05, 0) is 6.42 Å². The Balaban J connectivity index is 3.08. The average Bonchev–Trinajstić information content (AvgIpc) is 2.55. The summed E-state index contributed by atoms with van der Waals surface area (Å²) in [6.07, 6.45) is 2.61. The molecule has 0 fully saturated rings. The molecular formula is C9H13N3O3. The molecule has 0 aliphatic carbocycles. The minimum atomic E-state index is -1.09. The van der Waals surface area contributed by atoms with Gasteiger partial charge in [0, 0.05) is 18.8 Å². The monoisotopic (exact) mass is 211 g/mol. The topological polar surface area (TPSA) is 84.2 Å². The summed E-state index contributed by atoms with van der Waals surface area (Å²) >= 11 is 0. The van der Waals surface area contributed by atoms with Crippen LogP contribution < -0.4 is 5.32 Å². The van der Waals surface area contributed by atoms with Crippen LogP contribution in [0.5, 0.6) is 0 Å². The van der Waals surface area contributed by atoms with Crippen LogP contribution in [-0.2, 0) is 23.1 Å². The molecule has 0 saturated heterocycles. The number of carbonyl (C=O) groups is 2. The zero-order valence-electron chi connectivity index (χ0n) is 8.60. The van der Waals surface area contributed by atoms with Crippen LogP contribution >= 0.6 is 0 Å². The average molecular weight is 211 g/mol. The third-order valence-electron chi connectivity index (χ3n) is 2.07. The van der Waals surface area contributed by atoms with Crippen molar-refractivity contribution in [2.75, 3.05) is 0 Å². The molecule has 0 bridgehead atoms. The maximum atomic E-state index is 10.9. The number of carboxylic acids is 1. The summed E-state index contributed by atoms with van der Waals surface area (Å²) in [5.41, 5.74) is 1.21. The van der Waals surface area contributed by atoms with Crippen molar-refractivity contribution in [3.63, 3.8) is 0 Å². The van der Waals surface area contributed by atoms with E-state index in [1.165, 1.54) is 4.68 Å². The van der Waals surface area contributed by atoms with Gasteiger partial charge in [0.05, 0.1) is 5.69 Å². The minimum absolute atomic E-state index is 0.380. The van der Waals surface area contributed by atoms with Crippen LogP contribution in [0, 0.1) is 0 Å². The normalized spacial score (nSPS) is 12.1. The van der Waals surface area contributed by atoms with E-state index >= 15 is 0 Å². The lowest BCUT2D eigenvalue weighted by atomic mass is 10.1. The highest BCUT2D eigenvalue weighted by atomic mass is 16.4. The summed E-state index contributed by atoms with van der Waals surface area (Å²) in [6, 6.07) is -1.02. The van der Waals surface area contributed by atoms with Crippen molar-refractivity contribution in [1.82, 2.24) is 15.1 Å². The molecule has 1 heterocycles. The van der Waals surface area contributed by atoms with Crippen molar-refractivity contribution in [2.24, 2.45) is 7.05 Å². The zero-order chi connectivity index (χ0) is 11.4. The van der Waals surface area contributed by atoms with E-state index in [9.17, 15) is 9.59 Å². The summed E-state index contributed by atoms with van der Waals surface area (Å²) < 4.78 is 1.54. The van der Waals surface area contributed by atoms with Crippen molar-refractivity contribution in [3.8, 4) is 0 Å². The lowest BCUT2D eigenvalue weighted by Gasteiger charge is -2.09. The van der Waals surface area contributed by atoms with Crippen LogP contribution in [0.25, 0.3) is 0 Å². The summed E-state index contributed by atoms with van der Waals surface area (Å²) in [5.74, 6) is -1.09. The molecule has 0 radical (unpaired) electrons. The predicted molar refractivity (Wildman–Crippen MR) is 52.2 cm³/mol. The van der Waals surface area contributed by atoms with E-state index in [0.29, 0.717) is 24.1 Å². The molecular weight excluding hydrogens is 198 g/mol. The number of hydrogen-bond acceptors (Lipinski definition) is 3. The number of carbonyl (C=O) groups excluding carboxylic acids is 1. The molecule has 1 aromatic heterocycles. The van der Waals surface area contributed by atoms with E-state index < -0.39 is 12.0 Å². The lowest BCUT2D eigenvalue weighted by molar-refractivity contribution is -0.140. The Hall–Kier alpha value is -1.85. The number of nitrogens with one attached hydrogen (secondary N) is 1. The van der Waals surface area contributed by atoms with Gasteiger partial charge in [0.25, 0.3) is 0 Å². The number of nitrogens with zero attached hydrogens (tertiary/aromatic N) is 2. The fourth-order valence-corrected chi connectivity index (χ4v) is 1.43.